The molecule has 0 amide bonds. The Morgan fingerprint density at radius 1 is 0.521 bits per heavy atom. The van der Waals surface area contributed by atoms with Crippen LogP contribution in [0.3, 0.4) is 0 Å². The van der Waals surface area contributed by atoms with Gasteiger partial charge in [0.25, 0.3) is 0 Å². The standard InChI is InChI=1S/C60H69NO12/c1-3-56(63)69-36-11-7-5-9-34-67-48-24-15-42(16-25-48)33-38-71-59(65)45-19-21-46(22-20-45)60(66)73-51-30-32-53-52-31-23-47(44-17-13-43(41-62)14-18-44)39-54(52)58(61-55(53)40-51)72-50-28-26-49(27-29-50)68-35-10-6-8-12-37-70-57(64)4-2/h3-4,15-16,23-32,39-41,43-46H,1-2,5-14,17-22,33-38H2. The third-order valence-electron chi connectivity index (χ3n) is 13.8. The number of pyridine rings is 1. The average molecular weight is 996 g/mol. The number of fused-ring (bicyclic) bond motifs is 3. The lowest BCUT2D eigenvalue weighted by Crippen LogP contribution is -2.29. The van der Waals surface area contributed by atoms with E-state index in [1.807, 2.05) is 54.6 Å². The monoisotopic (exact) mass is 995 g/mol. The van der Waals surface area contributed by atoms with Gasteiger partial charge in [0, 0.05) is 41.3 Å². The Morgan fingerprint density at radius 2 is 1.05 bits per heavy atom. The molecule has 0 radical (unpaired) electrons. The maximum atomic E-state index is 13.6. The highest BCUT2D eigenvalue weighted by Crippen LogP contribution is 2.41. The van der Waals surface area contributed by atoms with Gasteiger partial charge in [0.2, 0.25) is 5.88 Å². The second-order valence-electron chi connectivity index (χ2n) is 19.0. The van der Waals surface area contributed by atoms with Gasteiger partial charge in [-0.25, -0.2) is 14.6 Å². The minimum Gasteiger partial charge on any atom is -0.494 e. The van der Waals surface area contributed by atoms with Crippen molar-refractivity contribution in [1.82, 2.24) is 4.98 Å². The summed E-state index contributed by atoms with van der Waals surface area (Å²) in [6.45, 7) is 9.03. The molecule has 7 rings (SSSR count). The average Bonchev–Trinajstić information content (AvgIpc) is 3.42. The van der Waals surface area contributed by atoms with Gasteiger partial charge in [0.15, 0.2) is 0 Å². The molecule has 4 aromatic carbocycles. The SMILES string of the molecule is C=CC(=O)OCCCCCCOc1ccc(CCOC(=O)C2CCC(C(=O)Oc3ccc4c(c3)nc(Oc3ccc(OCCCCCCOC(=O)C=C)cc3)c3cc(C5CCC(C=O)CC5)ccc34)CC2)cc1. The summed E-state index contributed by atoms with van der Waals surface area (Å²) in [6.07, 6.45) is 17.0. The summed E-state index contributed by atoms with van der Waals surface area (Å²) in [5.41, 5.74) is 2.85. The minimum atomic E-state index is -0.400. The summed E-state index contributed by atoms with van der Waals surface area (Å²) in [5, 5.41) is 2.72. The quantitative estimate of drug-likeness (QED) is 0.00885. The predicted molar refractivity (Wildman–Crippen MR) is 279 cm³/mol. The van der Waals surface area contributed by atoms with Gasteiger partial charge in [0.1, 0.15) is 29.3 Å². The van der Waals surface area contributed by atoms with Crippen molar-refractivity contribution in [3.8, 4) is 28.9 Å². The third-order valence-corrected chi connectivity index (χ3v) is 13.8. The molecule has 0 spiro atoms. The molecule has 0 saturated heterocycles. The molecule has 2 fully saturated rings. The van der Waals surface area contributed by atoms with E-state index in [0.29, 0.717) is 87.3 Å². The van der Waals surface area contributed by atoms with Gasteiger partial charge in [-0.05, 0) is 180 Å². The Labute approximate surface area is 428 Å². The normalized spacial score (nSPS) is 17.5. The summed E-state index contributed by atoms with van der Waals surface area (Å²) in [4.78, 5) is 65.5. The molecule has 2 aliphatic carbocycles. The minimum absolute atomic E-state index is 0.119. The first-order chi connectivity index (χ1) is 35.7. The van der Waals surface area contributed by atoms with Crippen molar-refractivity contribution < 1.29 is 57.1 Å². The van der Waals surface area contributed by atoms with Crippen LogP contribution < -0.4 is 18.9 Å². The molecule has 73 heavy (non-hydrogen) atoms. The molecule has 5 aromatic rings. The van der Waals surface area contributed by atoms with Crippen LogP contribution in [0.25, 0.3) is 21.7 Å². The smallest absolute Gasteiger partial charge is 0.330 e. The van der Waals surface area contributed by atoms with Gasteiger partial charge >= 0.3 is 23.9 Å². The van der Waals surface area contributed by atoms with E-state index in [9.17, 15) is 24.0 Å². The predicted octanol–water partition coefficient (Wildman–Crippen LogP) is 12.5. The molecule has 1 aromatic heterocycles. The highest BCUT2D eigenvalue weighted by molar-refractivity contribution is 6.08. The number of carbonyl (C=O) groups excluding carboxylic acids is 5. The lowest BCUT2D eigenvalue weighted by Gasteiger charge is -2.26. The van der Waals surface area contributed by atoms with E-state index >= 15 is 0 Å². The number of hydrogen-bond acceptors (Lipinski definition) is 13. The van der Waals surface area contributed by atoms with Crippen molar-refractivity contribution in [3.05, 3.63) is 121 Å². The Morgan fingerprint density at radius 3 is 1.64 bits per heavy atom. The molecule has 2 saturated carbocycles. The second kappa shape index (κ2) is 28.3. The summed E-state index contributed by atoms with van der Waals surface area (Å²) < 4.78 is 40.1. The number of ether oxygens (including phenoxy) is 7. The molecule has 386 valence electrons. The molecule has 0 N–H and O–H groups in total. The number of rotatable bonds is 28. The number of nitrogens with zero attached hydrogens (tertiary/aromatic N) is 1. The number of unbranched alkanes of at least 4 members (excludes halogenated alkanes) is 6. The topological polar surface area (TPSA) is 163 Å². The largest absolute Gasteiger partial charge is 0.494 e. The maximum absolute atomic E-state index is 13.6. The van der Waals surface area contributed by atoms with Gasteiger partial charge in [-0.3, -0.25) is 9.59 Å². The number of aromatic nitrogens is 1. The highest BCUT2D eigenvalue weighted by Gasteiger charge is 2.32. The van der Waals surface area contributed by atoms with E-state index in [1.54, 1.807) is 12.1 Å². The van der Waals surface area contributed by atoms with Crippen LogP contribution in [0.5, 0.6) is 28.9 Å². The van der Waals surface area contributed by atoms with Gasteiger partial charge in [-0.1, -0.05) is 37.4 Å². The van der Waals surface area contributed by atoms with Crippen LogP contribution in [-0.4, -0.2) is 68.2 Å². The zero-order chi connectivity index (χ0) is 51.2. The van der Waals surface area contributed by atoms with E-state index in [4.69, 9.17) is 38.1 Å². The van der Waals surface area contributed by atoms with Crippen LogP contribution in [0.15, 0.2) is 110 Å². The number of carbonyl (C=O) groups is 5. The fourth-order valence-corrected chi connectivity index (χ4v) is 9.54. The van der Waals surface area contributed by atoms with Gasteiger partial charge in [-0.15, -0.1) is 0 Å². The van der Waals surface area contributed by atoms with E-state index < -0.39 is 11.9 Å². The third kappa shape index (κ3) is 16.5. The Balaban J connectivity index is 0.895. The Kier molecular flexibility index (Phi) is 20.8. The summed E-state index contributed by atoms with van der Waals surface area (Å²) in [7, 11) is 0. The molecule has 13 heteroatoms. The van der Waals surface area contributed by atoms with Gasteiger partial charge in [-0.2, -0.15) is 0 Å². The summed E-state index contributed by atoms with van der Waals surface area (Å²) in [5.74, 6) is 1.40. The molecule has 0 aliphatic heterocycles. The number of hydrogen-bond donors (Lipinski definition) is 0. The maximum Gasteiger partial charge on any atom is 0.330 e. The molecule has 13 nitrogen and oxygen atoms in total. The number of esters is 4. The first-order valence-electron chi connectivity index (χ1n) is 26.1. The van der Waals surface area contributed by atoms with Crippen molar-refractivity contribution in [2.24, 2.45) is 17.8 Å². The molecule has 2 aliphatic rings. The fraction of sp³-hybridized carbons (Fsp3) is 0.433. The van der Waals surface area contributed by atoms with Crippen molar-refractivity contribution in [1.29, 1.82) is 0 Å². The number of aldehydes is 1. The molecule has 1 heterocycles. The van der Waals surface area contributed by atoms with Crippen LogP contribution in [0.4, 0.5) is 0 Å². The van der Waals surface area contributed by atoms with Gasteiger partial charge in [0.05, 0.1) is 50.4 Å². The second-order valence-corrected chi connectivity index (χ2v) is 19.0. The fourth-order valence-electron chi connectivity index (χ4n) is 9.54. The lowest BCUT2D eigenvalue weighted by atomic mass is 9.79. The van der Waals surface area contributed by atoms with Crippen molar-refractivity contribution in [3.63, 3.8) is 0 Å². The summed E-state index contributed by atoms with van der Waals surface area (Å²) >= 11 is 0. The first kappa shape index (κ1) is 53.8. The zero-order valence-electron chi connectivity index (χ0n) is 41.9. The van der Waals surface area contributed by atoms with Crippen LogP contribution in [0.1, 0.15) is 120 Å². The van der Waals surface area contributed by atoms with Crippen LogP contribution in [0.2, 0.25) is 0 Å². The molecule has 0 unspecified atom stereocenters. The van der Waals surface area contributed by atoms with Crippen molar-refractivity contribution in [2.75, 3.05) is 33.0 Å². The molecule has 0 bridgehead atoms. The van der Waals surface area contributed by atoms with E-state index in [2.05, 4.69) is 31.4 Å². The lowest BCUT2D eigenvalue weighted by molar-refractivity contribution is -0.152. The molecule has 0 atom stereocenters. The Hall–Kier alpha value is -7.02. The van der Waals surface area contributed by atoms with E-state index in [-0.39, 0.29) is 36.3 Å². The van der Waals surface area contributed by atoms with E-state index in [1.165, 1.54) is 17.7 Å². The van der Waals surface area contributed by atoms with E-state index in [0.717, 1.165) is 117 Å². The van der Waals surface area contributed by atoms with Crippen molar-refractivity contribution >= 4 is 51.8 Å². The zero-order valence-corrected chi connectivity index (χ0v) is 41.9. The molecular formula is C60H69NO12. The Bertz CT molecular complexity index is 2630. The first-order valence-corrected chi connectivity index (χ1v) is 26.1. The summed E-state index contributed by atoms with van der Waals surface area (Å²) in [6, 6.07) is 27.2. The van der Waals surface area contributed by atoms with Gasteiger partial charge < -0.3 is 38.0 Å². The van der Waals surface area contributed by atoms with Crippen LogP contribution in [-0.2, 0) is 44.6 Å². The highest BCUT2D eigenvalue weighted by atomic mass is 16.5. The number of benzene rings is 4. The molecular weight excluding hydrogens is 927 g/mol. The van der Waals surface area contributed by atoms with Crippen molar-refractivity contribution in [2.45, 2.75) is 115 Å². The van der Waals surface area contributed by atoms with Crippen LogP contribution >= 0.6 is 0 Å². The van der Waals surface area contributed by atoms with Crippen LogP contribution in [0, 0.1) is 17.8 Å².